The van der Waals surface area contributed by atoms with Crippen molar-refractivity contribution in [2.24, 2.45) is 0 Å². The quantitative estimate of drug-likeness (QED) is 0.516. The molecule has 1 rings (SSSR count). The molecule has 1 aromatic rings. The van der Waals surface area contributed by atoms with Crippen molar-refractivity contribution >= 4 is 29.1 Å². The first-order valence-electron chi connectivity index (χ1n) is 4.36. The van der Waals surface area contributed by atoms with Crippen LogP contribution in [0.2, 0.25) is 5.02 Å². The van der Waals surface area contributed by atoms with E-state index in [4.69, 9.17) is 16.7 Å². The third-order valence-corrected chi connectivity index (χ3v) is 3.53. The van der Waals surface area contributed by atoms with Crippen LogP contribution in [0.1, 0.15) is 6.92 Å². The molecule has 0 aliphatic carbocycles. The van der Waals surface area contributed by atoms with Crippen molar-refractivity contribution in [3.8, 4) is 0 Å². The number of nitro groups is 1. The maximum absolute atomic E-state index is 13.1. The molecule has 7 heteroatoms. The monoisotopic (exact) mass is 265 g/mol. The molecular weight excluding hydrogens is 257 g/mol. The molecule has 4 nitrogen and oxygen atoms in total. The number of nitrogens with zero attached hydrogens (tertiary/aromatic N) is 1. The molecule has 0 aromatic heterocycles. The average molecular weight is 266 g/mol. The average Bonchev–Trinajstić information content (AvgIpc) is 2.19. The number of hydrogen-bond acceptors (Lipinski definition) is 4. The molecule has 0 heterocycles. The van der Waals surface area contributed by atoms with Gasteiger partial charge in [0.25, 0.3) is 5.69 Å². The number of hydrogen-bond donors (Lipinski definition) is 1. The van der Waals surface area contributed by atoms with Crippen molar-refractivity contribution in [3.05, 3.63) is 33.1 Å². The van der Waals surface area contributed by atoms with Crippen molar-refractivity contribution < 1.29 is 14.4 Å². The summed E-state index contributed by atoms with van der Waals surface area (Å²) >= 11 is 6.60. The Kier molecular flexibility index (Phi) is 4.52. The number of rotatable bonds is 4. The molecule has 0 spiro atoms. The lowest BCUT2D eigenvalue weighted by atomic mass is 10.3. The van der Waals surface area contributed by atoms with E-state index in [1.807, 2.05) is 0 Å². The van der Waals surface area contributed by atoms with Gasteiger partial charge < -0.3 is 5.11 Å². The lowest BCUT2D eigenvalue weighted by Crippen LogP contribution is -2.03. The van der Waals surface area contributed by atoms with Gasteiger partial charge in [-0.25, -0.2) is 4.39 Å². The molecule has 0 saturated carbocycles. The summed E-state index contributed by atoms with van der Waals surface area (Å²) in [6.07, 6.45) is -0.649. The Morgan fingerprint density at radius 1 is 1.69 bits per heavy atom. The molecule has 1 aromatic carbocycles. The van der Waals surface area contributed by atoms with Crippen molar-refractivity contribution in [2.45, 2.75) is 17.9 Å². The summed E-state index contributed by atoms with van der Waals surface area (Å²) in [6.45, 7) is 1.53. The van der Waals surface area contributed by atoms with Crippen LogP contribution in [0.15, 0.2) is 17.0 Å². The predicted octanol–water partition coefficient (Wildman–Crippen LogP) is 2.86. The molecule has 0 fully saturated rings. The standard InChI is InChI=1S/C9H9ClFNO3S/c1-5(13)4-16-9-7(12(14)15)3-2-6(11)8(9)10/h2-3,5,13H,4H2,1H3. The lowest BCUT2D eigenvalue weighted by molar-refractivity contribution is -0.387. The van der Waals surface area contributed by atoms with Crippen molar-refractivity contribution in [1.82, 2.24) is 0 Å². The highest BCUT2D eigenvalue weighted by Gasteiger charge is 2.20. The van der Waals surface area contributed by atoms with Gasteiger partial charge in [0.15, 0.2) is 0 Å². The minimum Gasteiger partial charge on any atom is -0.393 e. The molecule has 0 aliphatic heterocycles. The SMILES string of the molecule is CC(O)CSc1c([N+](=O)[O-])ccc(F)c1Cl. The van der Waals surface area contributed by atoms with Gasteiger partial charge in [-0.15, -0.1) is 11.8 Å². The zero-order valence-electron chi connectivity index (χ0n) is 8.31. The highest BCUT2D eigenvalue weighted by molar-refractivity contribution is 7.99. The number of thioether (sulfide) groups is 1. The minimum absolute atomic E-state index is 0.0487. The minimum atomic E-state index is -0.708. The van der Waals surface area contributed by atoms with Crippen LogP contribution >= 0.6 is 23.4 Å². The number of halogens is 2. The molecule has 0 radical (unpaired) electrons. The number of nitro benzene ring substituents is 1. The highest BCUT2D eigenvalue weighted by atomic mass is 35.5. The van der Waals surface area contributed by atoms with Gasteiger partial charge in [0.2, 0.25) is 0 Å². The van der Waals surface area contributed by atoms with E-state index in [1.54, 1.807) is 0 Å². The number of benzene rings is 1. The van der Waals surface area contributed by atoms with Crippen LogP contribution in [0.3, 0.4) is 0 Å². The van der Waals surface area contributed by atoms with Crippen molar-refractivity contribution in [2.75, 3.05) is 5.75 Å². The second kappa shape index (κ2) is 5.47. The fourth-order valence-electron chi connectivity index (χ4n) is 1.01. The Labute approximate surface area is 101 Å². The predicted molar refractivity (Wildman–Crippen MR) is 60.5 cm³/mol. The Hall–Kier alpha value is -0.850. The van der Waals surface area contributed by atoms with Crippen LogP contribution in [0, 0.1) is 15.9 Å². The van der Waals surface area contributed by atoms with Gasteiger partial charge in [-0.3, -0.25) is 10.1 Å². The van der Waals surface area contributed by atoms with Gasteiger partial charge in [0.1, 0.15) is 10.7 Å². The largest absolute Gasteiger partial charge is 0.393 e. The summed E-state index contributed by atoms with van der Waals surface area (Å²) in [7, 11) is 0. The van der Waals surface area contributed by atoms with E-state index in [-0.39, 0.29) is 21.4 Å². The first-order chi connectivity index (χ1) is 7.43. The van der Waals surface area contributed by atoms with Gasteiger partial charge in [0, 0.05) is 11.8 Å². The summed E-state index contributed by atoms with van der Waals surface area (Å²) in [5.74, 6) is -0.496. The second-order valence-electron chi connectivity index (χ2n) is 3.13. The molecule has 16 heavy (non-hydrogen) atoms. The van der Waals surface area contributed by atoms with Gasteiger partial charge in [-0.05, 0) is 13.0 Å². The summed E-state index contributed by atoms with van der Waals surface area (Å²) in [5.41, 5.74) is -0.253. The topological polar surface area (TPSA) is 63.4 Å². The second-order valence-corrected chi connectivity index (χ2v) is 4.53. The van der Waals surface area contributed by atoms with E-state index in [0.29, 0.717) is 0 Å². The summed E-state index contributed by atoms with van der Waals surface area (Å²) in [6, 6.07) is 2.01. The van der Waals surface area contributed by atoms with Gasteiger partial charge in [-0.2, -0.15) is 0 Å². The fraction of sp³-hybridized carbons (Fsp3) is 0.333. The Morgan fingerprint density at radius 3 is 2.81 bits per heavy atom. The first kappa shape index (κ1) is 13.2. The third-order valence-electron chi connectivity index (χ3n) is 1.69. The molecule has 0 bridgehead atoms. The lowest BCUT2D eigenvalue weighted by Gasteiger charge is -2.07. The molecule has 0 amide bonds. The van der Waals surface area contributed by atoms with E-state index in [9.17, 15) is 14.5 Å². The van der Waals surface area contributed by atoms with Gasteiger partial charge in [-0.1, -0.05) is 11.6 Å². The van der Waals surface area contributed by atoms with E-state index in [2.05, 4.69) is 0 Å². The summed E-state index contributed by atoms with van der Waals surface area (Å²) in [5, 5.41) is 19.5. The Balaban J connectivity index is 3.11. The van der Waals surface area contributed by atoms with Gasteiger partial charge in [0.05, 0.1) is 16.0 Å². The van der Waals surface area contributed by atoms with E-state index in [1.165, 1.54) is 6.92 Å². The zero-order valence-corrected chi connectivity index (χ0v) is 9.89. The highest BCUT2D eigenvalue weighted by Crippen LogP contribution is 2.37. The van der Waals surface area contributed by atoms with Crippen LogP contribution in [0.4, 0.5) is 10.1 Å². The van der Waals surface area contributed by atoms with E-state index < -0.39 is 16.8 Å². The smallest absolute Gasteiger partial charge is 0.284 e. The molecule has 88 valence electrons. The molecule has 0 aliphatic rings. The van der Waals surface area contributed by atoms with Crippen LogP contribution < -0.4 is 0 Å². The van der Waals surface area contributed by atoms with E-state index in [0.717, 1.165) is 23.9 Å². The zero-order chi connectivity index (χ0) is 12.3. The van der Waals surface area contributed by atoms with Crippen molar-refractivity contribution in [1.29, 1.82) is 0 Å². The molecule has 1 N–H and O–H groups in total. The number of aliphatic hydroxyl groups is 1. The molecule has 1 atom stereocenters. The summed E-state index contributed by atoms with van der Waals surface area (Å²) in [4.78, 5) is 10.1. The molecule has 1 unspecified atom stereocenters. The van der Waals surface area contributed by atoms with Crippen molar-refractivity contribution in [3.63, 3.8) is 0 Å². The Bertz CT molecular complexity index is 414. The van der Waals surface area contributed by atoms with Crippen LogP contribution in [0.5, 0.6) is 0 Å². The van der Waals surface area contributed by atoms with Crippen LogP contribution in [-0.4, -0.2) is 21.9 Å². The maximum atomic E-state index is 13.1. The first-order valence-corrected chi connectivity index (χ1v) is 5.73. The molecule has 0 saturated heterocycles. The van der Waals surface area contributed by atoms with Crippen LogP contribution in [-0.2, 0) is 0 Å². The normalized spacial score (nSPS) is 12.5. The molecular formula is C9H9ClFNO3S. The van der Waals surface area contributed by atoms with E-state index >= 15 is 0 Å². The summed E-state index contributed by atoms with van der Waals surface area (Å²) < 4.78 is 13.1. The Morgan fingerprint density at radius 2 is 2.31 bits per heavy atom. The maximum Gasteiger partial charge on any atom is 0.284 e. The third kappa shape index (κ3) is 3.07. The fourth-order valence-corrected chi connectivity index (χ4v) is 2.25. The van der Waals surface area contributed by atoms with Crippen LogP contribution in [0.25, 0.3) is 0 Å². The van der Waals surface area contributed by atoms with Gasteiger partial charge >= 0.3 is 0 Å². The number of aliphatic hydroxyl groups excluding tert-OH is 1.